The number of hydrogen-bond acceptors (Lipinski definition) is 2. The lowest BCUT2D eigenvalue weighted by molar-refractivity contribution is -0.132. The summed E-state index contributed by atoms with van der Waals surface area (Å²) in [4.78, 5) is 14.6. The molecule has 3 nitrogen and oxygen atoms in total. The van der Waals surface area contributed by atoms with Crippen LogP contribution in [0.3, 0.4) is 0 Å². The summed E-state index contributed by atoms with van der Waals surface area (Å²) in [6.07, 6.45) is 2.54. The first-order chi connectivity index (χ1) is 11.1. The summed E-state index contributed by atoms with van der Waals surface area (Å²) in [5.74, 6) is 0.397. The molecule has 1 atom stereocenters. The third-order valence-electron chi connectivity index (χ3n) is 4.81. The Morgan fingerprint density at radius 2 is 1.83 bits per heavy atom. The van der Waals surface area contributed by atoms with Crippen molar-refractivity contribution in [1.82, 2.24) is 4.90 Å². The second-order valence-electron chi connectivity index (χ2n) is 6.69. The number of nitrogens with zero attached hydrogens (tertiary/aromatic N) is 1. The van der Waals surface area contributed by atoms with Crippen LogP contribution in [-0.4, -0.2) is 29.0 Å². The van der Waals surface area contributed by atoms with Gasteiger partial charge in [-0.05, 0) is 36.1 Å². The van der Waals surface area contributed by atoms with Crippen LogP contribution >= 0.6 is 0 Å². The van der Waals surface area contributed by atoms with E-state index in [0.717, 1.165) is 31.5 Å². The number of rotatable bonds is 3. The molecule has 1 unspecified atom stereocenters. The average molecular weight is 309 g/mol. The molecule has 2 aromatic rings. The van der Waals surface area contributed by atoms with E-state index >= 15 is 0 Å². The summed E-state index contributed by atoms with van der Waals surface area (Å²) in [6.45, 7) is 3.86. The lowest BCUT2D eigenvalue weighted by Crippen LogP contribution is -2.47. The molecular weight excluding hydrogens is 286 g/mol. The van der Waals surface area contributed by atoms with Crippen LogP contribution in [0, 0.1) is 0 Å². The van der Waals surface area contributed by atoms with Crippen LogP contribution < -0.4 is 0 Å². The fourth-order valence-corrected chi connectivity index (χ4v) is 3.43. The molecular formula is C20H23NO2. The maximum Gasteiger partial charge on any atom is 0.227 e. The summed E-state index contributed by atoms with van der Waals surface area (Å²) in [5.41, 5.74) is 2.28. The van der Waals surface area contributed by atoms with Gasteiger partial charge in [0, 0.05) is 18.5 Å². The Hall–Kier alpha value is -2.29. The number of piperidine rings is 1. The zero-order valence-electron chi connectivity index (χ0n) is 13.5. The lowest BCUT2D eigenvalue weighted by atomic mass is 9.76. The van der Waals surface area contributed by atoms with Crippen LogP contribution in [-0.2, 0) is 16.6 Å². The van der Waals surface area contributed by atoms with Crippen molar-refractivity contribution in [2.45, 2.75) is 31.6 Å². The summed E-state index contributed by atoms with van der Waals surface area (Å²) < 4.78 is 0. The number of likely N-dealkylation sites (tertiary alicyclic amines) is 1. The molecule has 2 aromatic carbocycles. The molecule has 0 bridgehead atoms. The van der Waals surface area contributed by atoms with Crippen LogP contribution in [0.2, 0.25) is 0 Å². The highest BCUT2D eigenvalue weighted by Crippen LogP contribution is 2.33. The van der Waals surface area contributed by atoms with Gasteiger partial charge in [-0.15, -0.1) is 0 Å². The molecule has 0 spiro atoms. The smallest absolute Gasteiger partial charge is 0.227 e. The third-order valence-corrected chi connectivity index (χ3v) is 4.81. The van der Waals surface area contributed by atoms with E-state index in [1.165, 1.54) is 5.56 Å². The first-order valence-electron chi connectivity index (χ1n) is 8.18. The van der Waals surface area contributed by atoms with Gasteiger partial charge in [-0.25, -0.2) is 0 Å². The van der Waals surface area contributed by atoms with Gasteiger partial charge >= 0.3 is 0 Å². The standard InChI is InChI=1S/C20H23NO2/c1-20(17-6-3-2-4-7-17)12-5-13-21(15-20)19(23)14-16-8-10-18(22)11-9-16/h2-4,6-11,22H,5,12-15H2,1H3. The molecule has 23 heavy (non-hydrogen) atoms. The molecule has 1 amide bonds. The van der Waals surface area contributed by atoms with Crippen molar-refractivity contribution >= 4 is 5.91 Å². The zero-order chi connectivity index (χ0) is 16.3. The molecule has 1 N–H and O–H groups in total. The minimum absolute atomic E-state index is 0.0319. The van der Waals surface area contributed by atoms with Crippen molar-refractivity contribution in [3.05, 3.63) is 65.7 Å². The Balaban J connectivity index is 1.70. The molecule has 3 rings (SSSR count). The van der Waals surface area contributed by atoms with Crippen molar-refractivity contribution in [2.24, 2.45) is 0 Å². The Kier molecular flexibility index (Phi) is 4.37. The van der Waals surface area contributed by atoms with Crippen LogP contribution in [0.5, 0.6) is 5.75 Å². The van der Waals surface area contributed by atoms with Crippen LogP contribution in [0.25, 0.3) is 0 Å². The number of benzene rings is 2. The van der Waals surface area contributed by atoms with E-state index in [1.807, 2.05) is 23.1 Å². The lowest BCUT2D eigenvalue weighted by Gasteiger charge is -2.41. The Labute approximate surface area is 137 Å². The second kappa shape index (κ2) is 6.45. The summed E-state index contributed by atoms with van der Waals surface area (Å²) >= 11 is 0. The predicted molar refractivity (Wildman–Crippen MR) is 91.4 cm³/mol. The Morgan fingerprint density at radius 3 is 2.52 bits per heavy atom. The first kappa shape index (κ1) is 15.6. The predicted octanol–water partition coefficient (Wildman–Crippen LogP) is 3.52. The van der Waals surface area contributed by atoms with Gasteiger partial charge in [-0.1, -0.05) is 49.4 Å². The van der Waals surface area contributed by atoms with Crippen LogP contribution in [0.1, 0.15) is 30.9 Å². The molecule has 1 fully saturated rings. The Morgan fingerprint density at radius 1 is 1.13 bits per heavy atom. The first-order valence-corrected chi connectivity index (χ1v) is 8.18. The number of amides is 1. The van der Waals surface area contributed by atoms with E-state index in [0.29, 0.717) is 6.42 Å². The van der Waals surface area contributed by atoms with Gasteiger partial charge in [0.05, 0.1) is 6.42 Å². The molecule has 0 aromatic heterocycles. The quantitative estimate of drug-likeness (QED) is 0.942. The van der Waals surface area contributed by atoms with Gasteiger partial charge in [0.1, 0.15) is 5.75 Å². The molecule has 0 aliphatic carbocycles. The number of aromatic hydroxyl groups is 1. The van der Waals surface area contributed by atoms with E-state index in [2.05, 4.69) is 31.2 Å². The van der Waals surface area contributed by atoms with Crippen molar-refractivity contribution < 1.29 is 9.90 Å². The van der Waals surface area contributed by atoms with E-state index in [9.17, 15) is 9.90 Å². The van der Waals surface area contributed by atoms with Crippen LogP contribution in [0.4, 0.5) is 0 Å². The average Bonchev–Trinajstić information content (AvgIpc) is 2.58. The summed E-state index contributed by atoms with van der Waals surface area (Å²) in [5, 5.41) is 9.34. The number of phenolic OH excluding ortho intramolecular Hbond substituents is 1. The maximum absolute atomic E-state index is 12.6. The van der Waals surface area contributed by atoms with E-state index in [1.54, 1.807) is 12.1 Å². The molecule has 0 saturated carbocycles. The topological polar surface area (TPSA) is 40.5 Å². The van der Waals surface area contributed by atoms with E-state index in [-0.39, 0.29) is 17.1 Å². The van der Waals surface area contributed by atoms with Gasteiger partial charge in [0.15, 0.2) is 0 Å². The van der Waals surface area contributed by atoms with Gasteiger partial charge in [-0.2, -0.15) is 0 Å². The zero-order valence-corrected chi connectivity index (χ0v) is 13.5. The van der Waals surface area contributed by atoms with E-state index in [4.69, 9.17) is 0 Å². The van der Waals surface area contributed by atoms with Gasteiger partial charge < -0.3 is 10.0 Å². The molecule has 120 valence electrons. The minimum Gasteiger partial charge on any atom is -0.508 e. The number of phenols is 1. The molecule has 0 radical (unpaired) electrons. The molecule has 1 saturated heterocycles. The van der Waals surface area contributed by atoms with Gasteiger partial charge in [-0.3, -0.25) is 4.79 Å². The van der Waals surface area contributed by atoms with Gasteiger partial charge in [0.25, 0.3) is 0 Å². The molecule has 1 heterocycles. The number of carbonyl (C=O) groups is 1. The van der Waals surface area contributed by atoms with E-state index < -0.39 is 0 Å². The normalized spacial score (nSPS) is 21.2. The fourth-order valence-electron chi connectivity index (χ4n) is 3.43. The minimum atomic E-state index is 0.0319. The number of carbonyl (C=O) groups excluding carboxylic acids is 1. The third kappa shape index (κ3) is 3.55. The second-order valence-corrected chi connectivity index (χ2v) is 6.69. The van der Waals surface area contributed by atoms with Crippen molar-refractivity contribution in [3.63, 3.8) is 0 Å². The van der Waals surface area contributed by atoms with Crippen molar-refractivity contribution in [1.29, 1.82) is 0 Å². The van der Waals surface area contributed by atoms with Gasteiger partial charge in [0.2, 0.25) is 5.91 Å². The largest absolute Gasteiger partial charge is 0.508 e. The maximum atomic E-state index is 12.6. The van der Waals surface area contributed by atoms with Crippen molar-refractivity contribution in [3.8, 4) is 5.75 Å². The highest BCUT2D eigenvalue weighted by atomic mass is 16.3. The van der Waals surface area contributed by atoms with Crippen LogP contribution in [0.15, 0.2) is 54.6 Å². The number of hydrogen-bond donors (Lipinski definition) is 1. The summed E-state index contributed by atoms with van der Waals surface area (Å²) in [6, 6.07) is 17.4. The van der Waals surface area contributed by atoms with Crippen molar-refractivity contribution in [2.75, 3.05) is 13.1 Å². The fraction of sp³-hybridized carbons (Fsp3) is 0.350. The molecule has 1 aliphatic rings. The summed E-state index contributed by atoms with van der Waals surface area (Å²) in [7, 11) is 0. The molecule has 1 aliphatic heterocycles. The SMILES string of the molecule is CC1(c2ccccc2)CCCN(C(=O)Cc2ccc(O)cc2)C1. The monoisotopic (exact) mass is 309 g/mol. The highest BCUT2D eigenvalue weighted by Gasteiger charge is 2.34. The highest BCUT2D eigenvalue weighted by molar-refractivity contribution is 5.79. The molecule has 3 heteroatoms. The Bertz CT molecular complexity index is 666.